The molecule has 0 spiro atoms. The molecule has 1 atom stereocenters. The Bertz CT molecular complexity index is 114. The number of hydrogen-bond acceptors (Lipinski definition) is 3. The molecular weight excluding hydrogens is 166 g/mol. The molecule has 0 aromatic carbocycles. The standard InChI is InChI=1S/C7H16F2N2O/c1-11(5-7(8)9)3-2-6(12)4-10/h6-7,12H,2-5,10H2,1H3. The Hall–Kier alpha value is -0.260. The van der Waals surface area contributed by atoms with Crippen molar-refractivity contribution in [1.82, 2.24) is 4.90 Å². The van der Waals surface area contributed by atoms with Crippen LogP contribution >= 0.6 is 0 Å². The fourth-order valence-corrected chi connectivity index (χ4v) is 0.814. The van der Waals surface area contributed by atoms with E-state index in [2.05, 4.69) is 0 Å². The highest BCUT2D eigenvalue weighted by Gasteiger charge is 2.08. The fraction of sp³-hybridized carbons (Fsp3) is 1.00. The first kappa shape index (κ1) is 11.7. The van der Waals surface area contributed by atoms with Crippen LogP contribution < -0.4 is 5.73 Å². The summed E-state index contributed by atoms with van der Waals surface area (Å²) >= 11 is 0. The SMILES string of the molecule is CN(CCC(O)CN)CC(F)F. The van der Waals surface area contributed by atoms with Crippen LogP contribution in [0.4, 0.5) is 8.78 Å². The summed E-state index contributed by atoms with van der Waals surface area (Å²) in [5.74, 6) is 0. The van der Waals surface area contributed by atoms with Gasteiger partial charge < -0.3 is 15.7 Å². The van der Waals surface area contributed by atoms with Crippen molar-refractivity contribution in [3.05, 3.63) is 0 Å². The van der Waals surface area contributed by atoms with Crippen LogP contribution in [-0.2, 0) is 0 Å². The molecule has 0 radical (unpaired) electrons. The summed E-state index contributed by atoms with van der Waals surface area (Å²) in [5, 5.41) is 9.00. The zero-order valence-corrected chi connectivity index (χ0v) is 7.21. The van der Waals surface area contributed by atoms with Gasteiger partial charge in [0.25, 0.3) is 6.43 Å². The number of aliphatic hydroxyl groups excluding tert-OH is 1. The number of hydrogen-bond donors (Lipinski definition) is 2. The molecule has 0 aliphatic rings. The van der Waals surface area contributed by atoms with Gasteiger partial charge in [-0.15, -0.1) is 0 Å². The summed E-state index contributed by atoms with van der Waals surface area (Å²) in [6.45, 7) is 0.377. The van der Waals surface area contributed by atoms with Crippen LogP contribution in [0, 0.1) is 0 Å². The predicted molar refractivity (Wildman–Crippen MR) is 43.2 cm³/mol. The van der Waals surface area contributed by atoms with Crippen LogP contribution in [0.1, 0.15) is 6.42 Å². The second kappa shape index (κ2) is 6.28. The van der Waals surface area contributed by atoms with Crippen LogP contribution in [0.5, 0.6) is 0 Å². The summed E-state index contributed by atoms with van der Waals surface area (Å²) in [6.07, 6.45) is -2.45. The van der Waals surface area contributed by atoms with Crippen LogP contribution in [0.25, 0.3) is 0 Å². The highest BCUT2D eigenvalue weighted by Crippen LogP contribution is 1.98. The molecule has 3 N–H and O–H groups in total. The lowest BCUT2D eigenvalue weighted by Crippen LogP contribution is -2.30. The number of halogens is 2. The Balaban J connectivity index is 3.36. The van der Waals surface area contributed by atoms with E-state index in [1.54, 1.807) is 7.05 Å². The minimum Gasteiger partial charge on any atom is -0.392 e. The molecule has 12 heavy (non-hydrogen) atoms. The van der Waals surface area contributed by atoms with Crippen molar-refractivity contribution in [2.24, 2.45) is 5.73 Å². The molecule has 0 bridgehead atoms. The normalized spacial score (nSPS) is 14.2. The van der Waals surface area contributed by atoms with E-state index >= 15 is 0 Å². The summed E-state index contributed by atoms with van der Waals surface area (Å²) in [5.41, 5.74) is 5.14. The lowest BCUT2D eigenvalue weighted by molar-refractivity contribution is 0.0887. The second-order valence-electron chi connectivity index (χ2n) is 2.83. The number of nitrogens with zero attached hydrogens (tertiary/aromatic N) is 1. The number of rotatable bonds is 6. The molecule has 0 fully saturated rings. The van der Waals surface area contributed by atoms with Gasteiger partial charge >= 0.3 is 0 Å². The number of alkyl halides is 2. The van der Waals surface area contributed by atoms with Crippen molar-refractivity contribution < 1.29 is 13.9 Å². The van der Waals surface area contributed by atoms with Gasteiger partial charge in [-0.2, -0.15) is 0 Å². The maximum absolute atomic E-state index is 11.8. The third-order valence-electron chi connectivity index (χ3n) is 1.57. The van der Waals surface area contributed by atoms with E-state index in [0.717, 1.165) is 0 Å². The van der Waals surface area contributed by atoms with Gasteiger partial charge in [-0.05, 0) is 13.5 Å². The van der Waals surface area contributed by atoms with Gasteiger partial charge in [-0.25, -0.2) is 8.78 Å². The van der Waals surface area contributed by atoms with Crippen LogP contribution in [0.2, 0.25) is 0 Å². The topological polar surface area (TPSA) is 49.5 Å². The quantitative estimate of drug-likeness (QED) is 0.602. The number of aliphatic hydroxyl groups is 1. The molecule has 1 unspecified atom stereocenters. The van der Waals surface area contributed by atoms with Crippen molar-refractivity contribution in [3.63, 3.8) is 0 Å². The van der Waals surface area contributed by atoms with E-state index < -0.39 is 12.5 Å². The van der Waals surface area contributed by atoms with E-state index in [9.17, 15) is 8.78 Å². The van der Waals surface area contributed by atoms with E-state index in [1.165, 1.54) is 4.90 Å². The van der Waals surface area contributed by atoms with Crippen LogP contribution in [0.3, 0.4) is 0 Å². The molecule has 0 heterocycles. The Morgan fingerprint density at radius 1 is 1.50 bits per heavy atom. The van der Waals surface area contributed by atoms with Crippen LogP contribution in [0.15, 0.2) is 0 Å². The molecular formula is C7H16F2N2O. The molecule has 0 aromatic heterocycles. The fourth-order valence-electron chi connectivity index (χ4n) is 0.814. The molecule has 0 saturated heterocycles. The molecule has 0 aromatic rings. The minimum absolute atomic E-state index is 0.183. The monoisotopic (exact) mass is 182 g/mol. The molecule has 5 heteroatoms. The predicted octanol–water partition coefficient (Wildman–Crippen LogP) is -0.107. The van der Waals surface area contributed by atoms with Gasteiger partial charge in [0.15, 0.2) is 0 Å². The third-order valence-corrected chi connectivity index (χ3v) is 1.57. The van der Waals surface area contributed by atoms with Gasteiger partial charge in [0.05, 0.1) is 12.6 Å². The highest BCUT2D eigenvalue weighted by atomic mass is 19.3. The maximum Gasteiger partial charge on any atom is 0.251 e. The van der Waals surface area contributed by atoms with Gasteiger partial charge in [-0.1, -0.05) is 0 Å². The zero-order valence-electron chi connectivity index (χ0n) is 7.21. The first-order chi connectivity index (χ1) is 5.56. The van der Waals surface area contributed by atoms with Crippen molar-refractivity contribution >= 4 is 0 Å². The zero-order chi connectivity index (χ0) is 9.56. The van der Waals surface area contributed by atoms with E-state index in [1.807, 2.05) is 0 Å². The van der Waals surface area contributed by atoms with Crippen molar-refractivity contribution in [2.75, 3.05) is 26.7 Å². The molecule has 0 aliphatic heterocycles. The van der Waals surface area contributed by atoms with Crippen molar-refractivity contribution in [1.29, 1.82) is 0 Å². The van der Waals surface area contributed by atoms with Crippen molar-refractivity contribution in [3.8, 4) is 0 Å². The summed E-state index contributed by atoms with van der Waals surface area (Å²) in [4.78, 5) is 1.48. The molecule has 0 aliphatic carbocycles. The van der Waals surface area contributed by atoms with Gasteiger partial charge in [0, 0.05) is 13.1 Å². The Morgan fingerprint density at radius 3 is 2.50 bits per heavy atom. The Morgan fingerprint density at radius 2 is 2.08 bits per heavy atom. The minimum atomic E-state index is -2.31. The smallest absolute Gasteiger partial charge is 0.251 e. The largest absolute Gasteiger partial charge is 0.392 e. The third kappa shape index (κ3) is 6.45. The molecule has 0 saturated carbocycles. The lowest BCUT2D eigenvalue weighted by atomic mass is 10.2. The van der Waals surface area contributed by atoms with Gasteiger partial charge in [0.2, 0.25) is 0 Å². The van der Waals surface area contributed by atoms with Gasteiger partial charge in [0.1, 0.15) is 0 Å². The second-order valence-corrected chi connectivity index (χ2v) is 2.83. The Labute approximate surface area is 71.2 Å². The van der Waals surface area contributed by atoms with Crippen LogP contribution in [-0.4, -0.2) is 49.2 Å². The molecule has 74 valence electrons. The number of nitrogens with two attached hydrogens (primary N) is 1. The first-order valence-electron chi connectivity index (χ1n) is 3.91. The first-order valence-corrected chi connectivity index (χ1v) is 3.91. The summed E-state index contributed by atoms with van der Waals surface area (Å²) < 4.78 is 23.5. The average molecular weight is 182 g/mol. The Kier molecular flexibility index (Phi) is 6.14. The van der Waals surface area contributed by atoms with E-state index in [-0.39, 0.29) is 13.1 Å². The summed E-state index contributed by atoms with van der Waals surface area (Å²) in [6, 6.07) is 0. The molecule has 0 rings (SSSR count). The molecule has 0 amide bonds. The van der Waals surface area contributed by atoms with E-state index in [0.29, 0.717) is 13.0 Å². The van der Waals surface area contributed by atoms with E-state index in [4.69, 9.17) is 10.8 Å². The van der Waals surface area contributed by atoms with Crippen molar-refractivity contribution in [2.45, 2.75) is 19.0 Å². The summed E-state index contributed by atoms with van der Waals surface area (Å²) in [7, 11) is 1.59. The highest BCUT2D eigenvalue weighted by molar-refractivity contribution is 4.60. The van der Waals surface area contributed by atoms with Gasteiger partial charge in [-0.3, -0.25) is 0 Å². The maximum atomic E-state index is 11.8. The molecule has 3 nitrogen and oxygen atoms in total. The average Bonchev–Trinajstić information content (AvgIpc) is 1.99. The lowest BCUT2D eigenvalue weighted by Gasteiger charge is -2.17.